The summed E-state index contributed by atoms with van der Waals surface area (Å²) in [6.07, 6.45) is 1.78. The monoisotopic (exact) mass is 581 g/mol. The third-order valence-corrected chi connectivity index (χ3v) is 5.35. The second-order valence-electron chi connectivity index (χ2n) is 7.76. The fraction of sp³-hybridized carbons (Fsp3) is 0.107. The minimum Gasteiger partial charge on any atom is -0.500 e. The summed E-state index contributed by atoms with van der Waals surface area (Å²) in [5.74, 6) is 0.836. The van der Waals surface area contributed by atoms with E-state index in [2.05, 4.69) is 67.4 Å². The Balaban J connectivity index is 0.000000146. The van der Waals surface area contributed by atoms with Crippen LogP contribution in [0.1, 0.15) is 19.4 Å². The van der Waals surface area contributed by atoms with Gasteiger partial charge in [0.15, 0.2) is 0 Å². The predicted molar refractivity (Wildman–Crippen MR) is 121 cm³/mol. The van der Waals surface area contributed by atoms with Crippen molar-refractivity contribution in [3.8, 4) is 17.0 Å². The van der Waals surface area contributed by atoms with Crippen molar-refractivity contribution in [1.82, 2.24) is 4.98 Å². The van der Waals surface area contributed by atoms with Crippen LogP contribution in [-0.2, 0) is 26.7 Å². The first kappa shape index (κ1) is 21.3. The molecule has 5 aromatic rings. The van der Waals surface area contributed by atoms with Gasteiger partial charge in [0.1, 0.15) is 5.75 Å². The number of aromatic nitrogens is 1. The van der Waals surface area contributed by atoms with Crippen molar-refractivity contribution in [1.29, 1.82) is 0 Å². The molecule has 0 saturated carbocycles. The van der Waals surface area contributed by atoms with Crippen LogP contribution in [0.3, 0.4) is 0 Å². The molecule has 1 aliphatic rings. The molecule has 0 bridgehead atoms. The first-order valence-electron chi connectivity index (χ1n) is 9.99. The van der Waals surface area contributed by atoms with Crippen LogP contribution in [0.4, 0.5) is 0 Å². The van der Waals surface area contributed by atoms with Crippen LogP contribution in [0.15, 0.2) is 85.1 Å². The van der Waals surface area contributed by atoms with Gasteiger partial charge < -0.3 is 9.72 Å². The number of benzene rings is 4. The number of nitrogens with zero attached hydrogens (tertiary/aromatic N) is 1. The molecule has 3 heteroatoms. The van der Waals surface area contributed by atoms with Gasteiger partial charge in [-0.2, -0.15) is 35.0 Å². The van der Waals surface area contributed by atoms with Gasteiger partial charge in [-0.15, -0.1) is 66.2 Å². The maximum atomic E-state index is 5.96. The summed E-state index contributed by atoms with van der Waals surface area (Å²) < 4.78 is 5.96. The molecule has 2 nitrogen and oxygen atoms in total. The van der Waals surface area contributed by atoms with Crippen molar-refractivity contribution in [3.05, 3.63) is 109 Å². The predicted octanol–water partition coefficient (Wildman–Crippen LogP) is 6.77. The summed E-state index contributed by atoms with van der Waals surface area (Å²) >= 11 is 0. The Morgan fingerprint density at radius 3 is 2.03 bits per heavy atom. The quantitative estimate of drug-likeness (QED) is 0.149. The second-order valence-corrected chi connectivity index (χ2v) is 7.76. The third kappa shape index (κ3) is 4.01. The van der Waals surface area contributed by atoms with Gasteiger partial charge in [-0.25, -0.2) is 10.8 Å². The molecule has 0 radical (unpaired) electrons. The van der Waals surface area contributed by atoms with Gasteiger partial charge in [0.25, 0.3) is 0 Å². The Labute approximate surface area is 197 Å². The van der Waals surface area contributed by atoms with Gasteiger partial charge in [0, 0.05) is 33.0 Å². The van der Waals surface area contributed by atoms with Crippen molar-refractivity contribution in [2.24, 2.45) is 0 Å². The zero-order chi connectivity index (χ0) is 20.6. The molecule has 1 aromatic heterocycles. The smallest absolute Gasteiger partial charge is 0.104 e. The Bertz CT molecular complexity index is 1300. The average molecular weight is 582 g/mol. The molecule has 0 N–H and O–H groups in total. The van der Waals surface area contributed by atoms with Gasteiger partial charge >= 0.3 is 0 Å². The van der Waals surface area contributed by atoms with Crippen molar-refractivity contribution in [3.63, 3.8) is 0 Å². The maximum absolute atomic E-state index is 5.96. The van der Waals surface area contributed by atoms with Crippen LogP contribution in [0.25, 0.3) is 32.8 Å². The first-order valence-corrected chi connectivity index (χ1v) is 9.99. The molecule has 1 aliphatic heterocycles. The van der Waals surface area contributed by atoms with E-state index in [0.29, 0.717) is 0 Å². The molecule has 0 atom stereocenters. The number of pyridine rings is 1. The summed E-state index contributed by atoms with van der Waals surface area (Å²) in [7, 11) is 0. The van der Waals surface area contributed by atoms with Crippen molar-refractivity contribution < 1.29 is 25.8 Å². The first-order chi connectivity index (χ1) is 14.6. The third-order valence-electron chi connectivity index (χ3n) is 5.35. The van der Waals surface area contributed by atoms with E-state index < -0.39 is 0 Å². The minimum atomic E-state index is -0.316. The minimum absolute atomic E-state index is 0. The number of hydrogen-bond donors (Lipinski definition) is 0. The topological polar surface area (TPSA) is 22.1 Å². The molecule has 6 rings (SSSR count). The number of fused-ring (bicyclic) bond motifs is 6. The normalized spacial score (nSPS) is 13.1. The summed E-state index contributed by atoms with van der Waals surface area (Å²) in [6, 6.07) is 36.0. The van der Waals surface area contributed by atoms with E-state index >= 15 is 0 Å². The molecule has 31 heavy (non-hydrogen) atoms. The summed E-state index contributed by atoms with van der Waals surface area (Å²) in [6.45, 7) is 4.13. The maximum Gasteiger partial charge on any atom is 0.104 e. The molecule has 0 fully saturated rings. The van der Waals surface area contributed by atoms with E-state index in [4.69, 9.17) is 4.74 Å². The van der Waals surface area contributed by atoms with Crippen molar-refractivity contribution in [2.75, 3.05) is 0 Å². The van der Waals surface area contributed by atoms with Crippen LogP contribution in [0.5, 0.6) is 5.75 Å². The van der Waals surface area contributed by atoms with Gasteiger partial charge in [-0.05, 0) is 26.0 Å². The number of ether oxygens (including phenoxy) is 1. The van der Waals surface area contributed by atoms with Gasteiger partial charge in [0.2, 0.25) is 0 Å². The van der Waals surface area contributed by atoms with Crippen LogP contribution >= 0.6 is 0 Å². The molecule has 0 aliphatic carbocycles. The van der Waals surface area contributed by atoms with E-state index in [1.54, 1.807) is 6.20 Å². The molecule has 4 aromatic carbocycles. The number of hydrogen-bond acceptors (Lipinski definition) is 2. The second kappa shape index (κ2) is 8.65. The SMILES string of the molecule is CC1(C)Oc2cccnc2-c2[c-]cccc21.[Pt].[c-]1cccc2ccc3ccc[c-]c3c12. The molecular formula is C28H20NOPt-3. The summed E-state index contributed by atoms with van der Waals surface area (Å²) in [4.78, 5) is 4.37. The molecule has 0 unspecified atom stereocenters. The van der Waals surface area contributed by atoms with Gasteiger partial charge in [0.05, 0.1) is 5.60 Å². The van der Waals surface area contributed by atoms with Gasteiger partial charge in [-0.3, -0.25) is 0 Å². The van der Waals surface area contributed by atoms with Crippen LogP contribution in [-0.4, -0.2) is 4.98 Å². The van der Waals surface area contributed by atoms with Crippen LogP contribution < -0.4 is 4.74 Å². The van der Waals surface area contributed by atoms with Crippen molar-refractivity contribution >= 4 is 21.5 Å². The molecule has 156 valence electrons. The van der Waals surface area contributed by atoms with E-state index in [1.165, 1.54) is 10.8 Å². The van der Waals surface area contributed by atoms with Crippen LogP contribution in [0.2, 0.25) is 0 Å². The molecular weight excluding hydrogens is 561 g/mol. The Hall–Kier alpha value is -2.96. The Morgan fingerprint density at radius 2 is 1.35 bits per heavy atom. The summed E-state index contributed by atoms with van der Waals surface area (Å²) in [5, 5.41) is 4.76. The van der Waals surface area contributed by atoms with E-state index in [0.717, 1.165) is 33.3 Å². The average Bonchev–Trinajstić information content (AvgIpc) is 2.79. The van der Waals surface area contributed by atoms with E-state index in [9.17, 15) is 0 Å². The van der Waals surface area contributed by atoms with Crippen LogP contribution in [0, 0.1) is 18.2 Å². The largest absolute Gasteiger partial charge is 0.500 e. The van der Waals surface area contributed by atoms with E-state index in [1.807, 2.05) is 48.5 Å². The fourth-order valence-electron chi connectivity index (χ4n) is 3.92. The molecule has 0 amide bonds. The fourth-order valence-corrected chi connectivity index (χ4v) is 3.92. The number of rotatable bonds is 0. The van der Waals surface area contributed by atoms with Crippen molar-refractivity contribution in [2.45, 2.75) is 19.4 Å². The van der Waals surface area contributed by atoms with E-state index in [-0.39, 0.29) is 26.7 Å². The molecule has 2 heterocycles. The molecule has 0 spiro atoms. The Kier molecular flexibility index (Phi) is 5.94. The van der Waals surface area contributed by atoms with Gasteiger partial charge in [-0.1, -0.05) is 5.56 Å². The standard InChI is InChI=1S/C14H12NO.C14H8.Pt/c1-14(2)11-7-4-3-6-10(11)13-12(16-14)8-5-9-15-13;1-3-7-13-11(5-1)9-10-12-6-2-4-8-14(12)13;/h3-5,7-9H,1-2H3;1-6,9-10H;/q-1;-2;. The zero-order valence-corrected chi connectivity index (χ0v) is 19.5. The zero-order valence-electron chi connectivity index (χ0n) is 17.3. The summed E-state index contributed by atoms with van der Waals surface area (Å²) in [5.41, 5.74) is 2.76. The molecule has 0 saturated heterocycles. The Morgan fingerprint density at radius 1 is 0.742 bits per heavy atom.